The Morgan fingerprint density at radius 2 is 1.84 bits per heavy atom. The first-order chi connectivity index (χ1) is 15.0. The van der Waals surface area contributed by atoms with Crippen molar-refractivity contribution in [1.82, 2.24) is 24.6 Å². The van der Waals surface area contributed by atoms with E-state index in [1.807, 2.05) is 48.9 Å². The lowest BCUT2D eigenvalue weighted by molar-refractivity contribution is 0.0949. The zero-order valence-corrected chi connectivity index (χ0v) is 17.5. The maximum absolute atomic E-state index is 13.3. The summed E-state index contributed by atoms with van der Waals surface area (Å²) in [6.07, 6.45) is 7.00. The topological polar surface area (TPSA) is 64.7 Å². The Hall–Kier alpha value is -3.74. The van der Waals surface area contributed by atoms with Crippen LogP contribution in [-0.2, 0) is 13.1 Å². The summed E-state index contributed by atoms with van der Waals surface area (Å²) in [6, 6.07) is 14.1. The highest BCUT2D eigenvalue weighted by molar-refractivity contribution is 5.95. The van der Waals surface area contributed by atoms with Crippen molar-refractivity contribution >= 4 is 5.91 Å². The van der Waals surface area contributed by atoms with E-state index in [2.05, 4.69) is 15.4 Å². The van der Waals surface area contributed by atoms with Crippen molar-refractivity contribution in [2.75, 3.05) is 0 Å². The second-order valence-corrected chi connectivity index (χ2v) is 7.67. The SMILES string of the molecule is CC(C)c1c(C(=O)NCc2ccccc2Cn2ccnc2)cnn1-c1ccc(F)cc1. The highest BCUT2D eigenvalue weighted by Gasteiger charge is 2.21. The summed E-state index contributed by atoms with van der Waals surface area (Å²) in [5.74, 6) is -0.439. The van der Waals surface area contributed by atoms with Crippen molar-refractivity contribution in [2.45, 2.75) is 32.9 Å². The number of carbonyl (C=O) groups excluding carboxylic acids is 1. The summed E-state index contributed by atoms with van der Waals surface area (Å²) in [6.45, 7) is 5.11. The number of amides is 1. The summed E-state index contributed by atoms with van der Waals surface area (Å²) >= 11 is 0. The zero-order valence-electron chi connectivity index (χ0n) is 17.5. The number of aromatic nitrogens is 4. The third kappa shape index (κ3) is 4.55. The molecule has 0 aliphatic heterocycles. The summed E-state index contributed by atoms with van der Waals surface area (Å²) in [4.78, 5) is 17.1. The van der Waals surface area contributed by atoms with Gasteiger partial charge in [-0.05, 0) is 41.3 Å². The van der Waals surface area contributed by atoms with Crippen LogP contribution in [-0.4, -0.2) is 25.2 Å². The molecule has 4 aromatic rings. The monoisotopic (exact) mass is 417 g/mol. The molecule has 0 aliphatic rings. The minimum atomic E-state index is -0.311. The van der Waals surface area contributed by atoms with Crippen LogP contribution in [0.1, 0.15) is 46.9 Å². The fraction of sp³-hybridized carbons (Fsp3) is 0.208. The molecule has 4 rings (SSSR count). The maximum atomic E-state index is 13.3. The molecule has 0 aliphatic carbocycles. The average molecular weight is 417 g/mol. The smallest absolute Gasteiger partial charge is 0.255 e. The largest absolute Gasteiger partial charge is 0.348 e. The van der Waals surface area contributed by atoms with E-state index >= 15 is 0 Å². The Labute approximate surface area is 180 Å². The van der Waals surface area contributed by atoms with E-state index in [0.717, 1.165) is 22.5 Å². The molecule has 0 unspecified atom stereocenters. The van der Waals surface area contributed by atoms with Crippen molar-refractivity contribution < 1.29 is 9.18 Å². The number of hydrogen-bond donors (Lipinski definition) is 1. The van der Waals surface area contributed by atoms with Gasteiger partial charge in [0.2, 0.25) is 0 Å². The fourth-order valence-electron chi connectivity index (χ4n) is 3.61. The summed E-state index contributed by atoms with van der Waals surface area (Å²) in [7, 11) is 0. The number of rotatable bonds is 7. The maximum Gasteiger partial charge on any atom is 0.255 e. The Morgan fingerprint density at radius 1 is 1.10 bits per heavy atom. The molecule has 1 amide bonds. The number of carbonyl (C=O) groups is 1. The molecule has 0 atom stereocenters. The normalized spacial score (nSPS) is 11.1. The number of benzene rings is 2. The first-order valence-electron chi connectivity index (χ1n) is 10.2. The van der Waals surface area contributed by atoms with Gasteiger partial charge in [-0.1, -0.05) is 38.1 Å². The van der Waals surface area contributed by atoms with Gasteiger partial charge in [0.05, 0.1) is 29.5 Å². The first kappa shape index (κ1) is 20.5. The van der Waals surface area contributed by atoms with E-state index in [-0.39, 0.29) is 17.6 Å². The molecule has 0 saturated heterocycles. The quantitative estimate of drug-likeness (QED) is 0.487. The van der Waals surface area contributed by atoms with Crippen LogP contribution >= 0.6 is 0 Å². The zero-order chi connectivity index (χ0) is 21.8. The minimum absolute atomic E-state index is 0.0573. The number of hydrogen-bond acceptors (Lipinski definition) is 3. The molecule has 2 aromatic carbocycles. The van der Waals surface area contributed by atoms with E-state index in [0.29, 0.717) is 18.7 Å². The molecule has 1 N–H and O–H groups in total. The Kier molecular flexibility index (Phi) is 5.93. The predicted octanol–water partition coefficient (Wildman–Crippen LogP) is 4.31. The van der Waals surface area contributed by atoms with Gasteiger partial charge in [0.15, 0.2) is 0 Å². The van der Waals surface area contributed by atoms with Gasteiger partial charge in [0.1, 0.15) is 5.82 Å². The van der Waals surface area contributed by atoms with Crippen LogP contribution in [0.15, 0.2) is 73.4 Å². The van der Waals surface area contributed by atoms with Gasteiger partial charge >= 0.3 is 0 Å². The van der Waals surface area contributed by atoms with Crippen LogP contribution in [0, 0.1) is 5.82 Å². The molecule has 0 radical (unpaired) electrons. The molecule has 2 heterocycles. The van der Waals surface area contributed by atoms with Crippen LogP contribution in [0.3, 0.4) is 0 Å². The van der Waals surface area contributed by atoms with Gasteiger partial charge in [-0.25, -0.2) is 14.1 Å². The third-order valence-corrected chi connectivity index (χ3v) is 5.14. The summed E-state index contributed by atoms with van der Waals surface area (Å²) < 4.78 is 17.0. The molecule has 31 heavy (non-hydrogen) atoms. The van der Waals surface area contributed by atoms with Gasteiger partial charge in [0.25, 0.3) is 5.91 Å². The first-order valence-corrected chi connectivity index (χ1v) is 10.2. The van der Waals surface area contributed by atoms with E-state index in [4.69, 9.17) is 0 Å². The molecular weight excluding hydrogens is 393 g/mol. The number of halogens is 1. The van der Waals surface area contributed by atoms with Crippen molar-refractivity contribution in [3.63, 3.8) is 0 Å². The van der Waals surface area contributed by atoms with Gasteiger partial charge in [-0.2, -0.15) is 5.10 Å². The number of imidazole rings is 1. The molecule has 158 valence electrons. The van der Waals surface area contributed by atoms with Crippen LogP contribution in [0.25, 0.3) is 5.69 Å². The van der Waals surface area contributed by atoms with E-state index in [1.165, 1.54) is 12.1 Å². The second kappa shape index (κ2) is 8.95. The van der Waals surface area contributed by atoms with Crippen molar-refractivity contribution in [3.05, 3.63) is 102 Å². The van der Waals surface area contributed by atoms with Gasteiger partial charge in [-0.3, -0.25) is 4.79 Å². The van der Waals surface area contributed by atoms with E-state index in [9.17, 15) is 9.18 Å². The summed E-state index contributed by atoms with van der Waals surface area (Å²) in [5, 5.41) is 7.43. The number of nitrogens with zero attached hydrogens (tertiary/aromatic N) is 4. The number of nitrogens with one attached hydrogen (secondary N) is 1. The minimum Gasteiger partial charge on any atom is -0.348 e. The third-order valence-electron chi connectivity index (χ3n) is 5.14. The highest BCUT2D eigenvalue weighted by atomic mass is 19.1. The molecule has 0 bridgehead atoms. The van der Waals surface area contributed by atoms with Crippen molar-refractivity contribution in [1.29, 1.82) is 0 Å². The Morgan fingerprint density at radius 3 is 2.52 bits per heavy atom. The van der Waals surface area contributed by atoms with Crippen molar-refractivity contribution in [2.24, 2.45) is 0 Å². The second-order valence-electron chi connectivity index (χ2n) is 7.67. The lowest BCUT2D eigenvalue weighted by Crippen LogP contribution is -2.25. The molecule has 7 heteroatoms. The molecule has 0 fully saturated rings. The molecule has 6 nitrogen and oxygen atoms in total. The van der Waals surface area contributed by atoms with Crippen molar-refractivity contribution in [3.8, 4) is 5.69 Å². The van der Waals surface area contributed by atoms with E-state index in [1.54, 1.807) is 35.5 Å². The average Bonchev–Trinajstić information content (AvgIpc) is 3.43. The molecule has 0 spiro atoms. The summed E-state index contributed by atoms with van der Waals surface area (Å²) in [5.41, 5.74) is 4.19. The van der Waals surface area contributed by atoms with Gasteiger partial charge < -0.3 is 9.88 Å². The van der Waals surface area contributed by atoms with E-state index < -0.39 is 0 Å². The van der Waals surface area contributed by atoms with Crippen LogP contribution in [0.2, 0.25) is 0 Å². The lowest BCUT2D eigenvalue weighted by Gasteiger charge is -2.14. The Balaban J connectivity index is 1.54. The van der Waals surface area contributed by atoms with Crippen LogP contribution in [0.4, 0.5) is 4.39 Å². The van der Waals surface area contributed by atoms with Gasteiger partial charge in [-0.15, -0.1) is 0 Å². The molecular formula is C24H24FN5O. The lowest BCUT2D eigenvalue weighted by atomic mass is 10.0. The predicted molar refractivity (Wildman–Crippen MR) is 117 cm³/mol. The molecule has 2 aromatic heterocycles. The highest BCUT2D eigenvalue weighted by Crippen LogP contribution is 2.23. The van der Waals surface area contributed by atoms with Gasteiger partial charge in [0, 0.05) is 25.5 Å². The van der Waals surface area contributed by atoms with Crippen LogP contribution in [0.5, 0.6) is 0 Å². The fourth-order valence-corrected chi connectivity index (χ4v) is 3.61. The standard InChI is InChI=1S/C24H24FN5O/c1-17(2)23-22(14-28-30(23)21-9-7-20(25)8-10-21)24(31)27-13-18-5-3-4-6-19(18)15-29-12-11-26-16-29/h3-12,14,16-17H,13,15H2,1-2H3,(H,27,31). The van der Waals surface area contributed by atoms with Crippen LogP contribution < -0.4 is 5.32 Å². The Bertz CT molecular complexity index is 1160. The molecule has 0 saturated carbocycles.